The van der Waals surface area contributed by atoms with Gasteiger partial charge in [0.25, 0.3) is 0 Å². The summed E-state index contributed by atoms with van der Waals surface area (Å²) < 4.78 is 12.4. The summed E-state index contributed by atoms with van der Waals surface area (Å²) in [4.78, 5) is 2.56. The molecule has 1 aromatic rings. The summed E-state index contributed by atoms with van der Waals surface area (Å²) in [6.45, 7) is 5.81. The summed E-state index contributed by atoms with van der Waals surface area (Å²) in [7, 11) is 0. The summed E-state index contributed by atoms with van der Waals surface area (Å²) >= 11 is 3.68. The number of piperidine rings is 1. The largest absolute Gasteiger partial charge is 0.486 e. The maximum Gasteiger partial charge on any atom is 0.162 e. The number of nitrogens with zero attached hydrogens (tertiary/aromatic N) is 1. The molecule has 3 heterocycles. The molecule has 0 spiro atoms. The molecule has 0 radical (unpaired) electrons. The second-order valence-corrected chi connectivity index (χ2v) is 7.10. The highest BCUT2D eigenvalue weighted by atomic mass is 79.9. The highest BCUT2D eigenvalue weighted by Crippen LogP contribution is 2.36. The molecule has 0 aliphatic carbocycles. The molecular formula is C16H21BrN2O2. The average Bonchev–Trinajstić information content (AvgIpc) is 2.90. The third-order valence-electron chi connectivity index (χ3n) is 4.78. The molecule has 4 rings (SSSR count). The van der Waals surface area contributed by atoms with Crippen molar-refractivity contribution in [3.63, 3.8) is 0 Å². The first-order valence-electron chi connectivity index (χ1n) is 7.83. The minimum Gasteiger partial charge on any atom is -0.486 e. The highest BCUT2D eigenvalue weighted by molar-refractivity contribution is 9.10. The van der Waals surface area contributed by atoms with Crippen molar-refractivity contribution in [1.82, 2.24) is 10.2 Å². The molecule has 0 aromatic heterocycles. The average molecular weight is 353 g/mol. The maximum atomic E-state index is 5.70. The van der Waals surface area contributed by atoms with Crippen molar-refractivity contribution in [3.8, 4) is 11.5 Å². The number of likely N-dealkylation sites (tertiary alicyclic amines) is 1. The summed E-state index contributed by atoms with van der Waals surface area (Å²) in [6.07, 6.45) is 2.69. The monoisotopic (exact) mass is 352 g/mol. The maximum absolute atomic E-state index is 5.70. The van der Waals surface area contributed by atoms with E-state index < -0.39 is 0 Å². The van der Waals surface area contributed by atoms with Gasteiger partial charge in [0.05, 0.1) is 0 Å². The molecule has 114 valence electrons. The Balaban J connectivity index is 1.49. The van der Waals surface area contributed by atoms with Crippen LogP contribution in [0.5, 0.6) is 11.5 Å². The van der Waals surface area contributed by atoms with E-state index in [0.717, 1.165) is 35.0 Å². The second kappa shape index (κ2) is 5.78. The Morgan fingerprint density at radius 3 is 2.81 bits per heavy atom. The van der Waals surface area contributed by atoms with Gasteiger partial charge in [-0.15, -0.1) is 0 Å². The van der Waals surface area contributed by atoms with E-state index in [2.05, 4.69) is 32.2 Å². The van der Waals surface area contributed by atoms with Gasteiger partial charge in [-0.2, -0.15) is 0 Å². The fraction of sp³-hybridized carbons (Fsp3) is 0.625. The molecule has 3 aliphatic heterocycles. The lowest BCUT2D eigenvalue weighted by atomic mass is 9.94. The molecular weight excluding hydrogens is 332 g/mol. The van der Waals surface area contributed by atoms with E-state index in [0.29, 0.717) is 19.3 Å². The van der Waals surface area contributed by atoms with Crippen LogP contribution in [0.15, 0.2) is 16.6 Å². The van der Waals surface area contributed by atoms with Gasteiger partial charge in [0.2, 0.25) is 0 Å². The standard InChI is InChI=1S/C16H21BrN2O2/c17-13-7-16-15(20-4-5-21-16)6-12(13)9-19-8-11-2-1-3-18-14(11)10-19/h6-7,11,14,18H,1-5,8-10H2/t11-,14+/m0/s1. The van der Waals surface area contributed by atoms with Gasteiger partial charge < -0.3 is 14.8 Å². The Bertz CT molecular complexity index is 523. The van der Waals surface area contributed by atoms with E-state index in [9.17, 15) is 0 Å². The predicted molar refractivity (Wildman–Crippen MR) is 84.9 cm³/mol. The molecule has 1 aromatic carbocycles. The predicted octanol–water partition coefficient (Wildman–Crippen LogP) is 2.40. The lowest BCUT2D eigenvalue weighted by Crippen LogP contribution is -2.40. The Kier molecular flexibility index (Phi) is 3.81. The lowest BCUT2D eigenvalue weighted by molar-refractivity contribution is 0.171. The van der Waals surface area contributed by atoms with Crippen LogP contribution in [0, 0.1) is 5.92 Å². The summed E-state index contributed by atoms with van der Waals surface area (Å²) in [5.41, 5.74) is 1.29. The normalized spacial score (nSPS) is 28.4. The number of fused-ring (bicyclic) bond motifs is 2. The molecule has 2 fully saturated rings. The molecule has 21 heavy (non-hydrogen) atoms. The number of rotatable bonds is 2. The quantitative estimate of drug-likeness (QED) is 0.886. The zero-order valence-electron chi connectivity index (χ0n) is 12.1. The summed E-state index contributed by atoms with van der Waals surface area (Å²) in [5.74, 6) is 2.57. The van der Waals surface area contributed by atoms with Crippen molar-refractivity contribution in [2.45, 2.75) is 25.4 Å². The van der Waals surface area contributed by atoms with Gasteiger partial charge in [0.1, 0.15) is 13.2 Å². The van der Waals surface area contributed by atoms with Gasteiger partial charge in [-0.3, -0.25) is 4.90 Å². The molecule has 3 aliphatic rings. The van der Waals surface area contributed by atoms with Crippen molar-refractivity contribution in [2.75, 3.05) is 32.8 Å². The zero-order valence-corrected chi connectivity index (χ0v) is 13.7. The van der Waals surface area contributed by atoms with Crippen molar-refractivity contribution < 1.29 is 9.47 Å². The Morgan fingerprint density at radius 1 is 1.19 bits per heavy atom. The van der Waals surface area contributed by atoms with Gasteiger partial charge in [-0.05, 0) is 43.0 Å². The van der Waals surface area contributed by atoms with Crippen LogP contribution >= 0.6 is 15.9 Å². The van der Waals surface area contributed by atoms with Crippen molar-refractivity contribution in [1.29, 1.82) is 0 Å². The van der Waals surface area contributed by atoms with E-state index in [4.69, 9.17) is 9.47 Å². The molecule has 5 heteroatoms. The summed E-state index contributed by atoms with van der Waals surface area (Å²) in [6, 6.07) is 4.87. The molecule has 2 saturated heterocycles. The van der Waals surface area contributed by atoms with Crippen molar-refractivity contribution in [2.24, 2.45) is 5.92 Å². The smallest absolute Gasteiger partial charge is 0.162 e. The second-order valence-electron chi connectivity index (χ2n) is 6.24. The topological polar surface area (TPSA) is 33.7 Å². The third kappa shape index (κ3) is 2.79. The number of hydrogen-bond donors (Lipinski definition) is 1. The number of benzene rings is 1. The fourth-order valence-corrected chi connectivity index (χ4v) is 4.18. The fourth-order valence-electron chi connectivity index (χ4n) is 3.73. The van der Waals surface area contributed by atoms with Crippen LogP contribution in [-0.4, -0.2) is 43.8 Å². The van der Waals surface area contributed by atoms with E-state index in [1.807, 2.05) is 6.07 Å². The van der Waals surface area contributed by atoms with Crippen LogP contribution in [0.1, 0.15) is 18.4 Å². The number of hydrogen-bond acceptors (Lipinski definition) is 4. The van der Waals surface area contributed by atoms with E-state index in [1.165, 1.54) is 31.5 Å². The third-order valence-corrected chi connectivity index (χ3v) is 5.52. The molecule has 4 nitrogen and oxygen atoms in total. The van der Waals surface area contributed by atoms with Crippen LogP contribution in [0.25, 0.3) is 0 Å². The van der Waals surface area contributed by atoms with Crippen LogP contribution < -0.4 is 14.8 Å². The van der Waals surface area contributed by atoms with Gasteiger partial charge >= 0.3 is 0 Å². The molecule has 0 saturated carbocycles. The van der Waals surface area contributed by atoms with Gasteiger partial charge in [0.15, 0.2) is 11.5 Å². The zero-order chi connectivity index (χ0) is 14.2. The van der Waals surface area contributed by atoms with Crippen LogP contribution in [0.2, 0.25) is 0 Å². The first kappa shape index (κ1) is 13.9. The SMILES string of the molecule is Brc1cc2c(cc1CN1C[C@@H]3CCCN[C@@H]3C1)OCCO2. The number of ether oxygens (including phenoxy) is 2. The van der Waals surface area contributed by atoms with E-state index in [-0.39, 0.29) is 0 Å². The molecule has 0 unspecified atom stereocenters. The Hall–Kier alpha value is -0.780. The van der Waals surface area contributed by atoms with Gasteiger partial charge in [0, 0.05) is 30.1 Å². The van der Waals surface area contributed by atoms with E-state index >= 15 is 0 Å². The number of nitrogens with one attached hydrogen (secondary N) is 1. The highest BCUT2D eigenvalue weighted by Gasteiger charge is 2.34. The first-order chi connectivity index (χ1) is 10.3. The molecule has 2 atom stereocenters. The minimum atomic E-state index is 0.639. The Morgan fingerprint density at radius 2 is 2.00 bits per heavy atom. The first-order valence-corrected chi connectivity index (χ1v) is 8.62. The van der Waals surface area contributed by atoms with Crippen LogP contribution in [-0.2, 0) is 6.54 Å². The number of halogens is 1. The molecule has 0 amide bonds. The Labute approximate surface area is 133 Å². The van der Waals surface area contributed by atoms with Gasteiger partial charge in [-0.25, -0.2) is 0 Å². The minimum absolute atomic E-state index is 0.639. The van der Waals surface area contributed by atoms with Crippen LogP contribution in [0.4, 0.5) is 0 Å². The van der Waals surface area contributed by atoms with Crippen molar-refractivity contribution >= 4 is 15.9 Å². The summed E-state index contributed by atoms with van der Waals surface area (Å²) in [5, 5.41) is 3.66. The van der Waals surface area contributed by atoms with E-state index in [1.54, 1.807) is 0 Å². The van der Waals surface area contributed by atoms with Gasteiger partial charge in [-0.1, -0.05) is 15.9 Å². The van der Waals surface area contributed by atoms with Crippen molar-refractivity contribution in [3.05, 3.63) is 22.2 Å². The molecule has 1 N–H and O–H groups in total. The van der Waals surface area contributed by atoms with Crippen LogP contribution in [0.3, 0.4) is 0 Å². The lowest BCUT2D eigenvalue weighted by Gasteiger charge is -2.24. The molecule has 0 bridgehead atoms.